The van der Waals surface area contributed by atoms with Crippen LogP contribution < -0.4 is 10.5 Å². The Bertz CT molecular complexity index is 750. The number of hydrogen-bond donors (Lipinski definition) is 1. The van der Waals surface area contributed by atoms with Crippen LogP contribution in [-0.4, -0.2) is 6.09 Å². The largest absolute Gasteiger partial charge is 0.410 e. The molecule has 3 rings (SSSR count). The lowest BCUT2D eigenvalue weighted by Gasteiger charge is -2.07. The quantitative estimate of drug-likeness (QED) is 0.659. The van der Waals surface area contributed by atoms with Crippen molar-refractivity contribution < 1.29 is 9.53 Å². The molecule has 0 saturated carbocycles. The van der Waals surface area contributed by atoms with Gasteiger partial charge in [-0.05, 0) is 34.4 Å². The SMILES string of the molecule is NC(=O)Oc1cccc2cc3ccccc3cc12. The van der Waals surface area contributed by atoms with Crippen LogP contribution in [0.4, 0.5) is 4.79 Å². The van der Waals surface area contributed by atoms with E-state index in [0.29, 0.717) is 5.75 Å². The molecule has 1 amide bonds. The first-order valence-corrected chi connectivity index (χ1v) is 5.63. The van der Waals surface area contributed by atoms with Crippen LogP contribution in [0.1, 0.15) is 0 Å². The number of carbonyl (C=O) groups excluding carboxylic acids is 1. The number of amides is 1. The van der Waals surface area contributed by atoms with Gasteiger partial charge >= 0.3 is 6.09 Å². The predicted octanol–water partition coefficient (Wildman–Crippen LogP) is 3.45. The van der Waals surface area contributed by atoms with Gasteiger partial charge in [-0.15, -0.1) is 0 Å². The number of nitrogens with two attached hydrogens (primary N) is 1. The van der Waals surface area contributed by atoms with E-state index in [2.05, 4.69) is 12.1 Å². The Morgan fingerprint density at radius 3 is 2.28 bits per heavy atom. The second-order valence-electron chi connectivity index (χ2n) is 4.10. The van der Waals surface area contributed by atoms with Crippen molar-refractivity contribution in [2.45, 2.75) is 0 Å². The summed E-state index contributed by atoms with van der Waals surface area (Å²) in [6.45, 7) is 0. The molecule has 18 heavy (non-hydrogen) atoms. The van der Waals surface area contributed by atoms with Crippen LogP contribution in [0.2, 0.25) is 0 Å². The second kappa shape index (κ2) is 4.04. The second-order valence-corrected chi connectivity index (χ2v) is 4.10. The number of carbonyl (C=O) groups is 1. The van der Waals surface area contributed by atoms with E-state index < -0.39 is 6.09 Å². The highest BCUT2D eigenvalue weighted by Gasteiger charge is 2.06. The molecular formula is C15H11NO2. The number of ether oxygens (including phenoxy) is 1. The van der Waals surface area contributed by atoms with Crippen LogP contribution >= 0.6 is 0 Å². The molecular weight excluding hydrogens is 226 g/mol. The Kier molecular flexibility index (Phi) is 2.38. The van der Waals surface area contributed by atoms with Gasteiger partial charge in [0.2, 0.25) is 0 Å². The molecule has 0 saturated heterocycles. The average Bonchev–Trinajstić information content (AvgIpc) is 2.36. The normalized spacial score (nSPS) is 10.7. The van der Waals surface area contributed by atoms with E-state index in [0.717, 1.165) is 21.5 Å². The summed E-state index contributed by atoms with van der Waals surface area (Å²) in [7, 11) is 0. The highest BCUT2D eigenvalue weighted by atomic mass is 16.5. The van der Waals surface area contributed by atoms with E-state index in [9.17, 15) is 4.79 Å². The van der Waals surface area contributed by atoms with Gasteiger partial charge in [-0.25, -0.2) is 4.79 Å². The molecule has 0 aliphatic carbocycles. The molecule has 2 N–H and O–H groups in total. The summed E-state index contributed by atoms with van der Waals surface area (Å²) in [5.41, 5.74) is 5.07. The molecule has 0 aliphatic rings. The van der Waals surface area contributed by atoms with Crippen molar-refractivity contribution in [1.29, 1.82) is 0 Å². The van der Waals surface area contributed by atoms with Crippen LogP contribution in [0.3, 0.4) is 0 Å². The third kappa shape index (κ3) is 1.76. The lowest BCUT2D eigenvalue weighted by molar-refractivity contribution is 0.211. The fourth-order valence-corrected chi connectivity index (χ4v) is 2.14. The summed E-state index contributed by atoms with van der Waals surface area (Å²) in [5, 5.41) is 4.16. The molecule has 3 nitrogen and oxygen atoms in total. The van der Waals surface area contributed by atoms with E-state index in [-0.39, 0.29) is 0 Å². The summed E-state index contributed by atoms with van der Waals surface area (Å²) in [5.74, 6) is 0.491. The topological polar surface area (TPSA) is 52.3 Å². The molecule has 3 aromatic rings. The number of benzene rings is 3. The smallest absolute Gasteiger partial charge is 0.409 e. The van der Waals surface area contributed by atoms with E-state index in [1.54, 1.807) is 6.07 Å². The van der Waals surface area contributed by atoms with Crippen molar-refractivity contribution in [3.8, 4) is 5.75 Å². The van der Waals surface area contributed by atoms with Gasteiger partial charge < -0.3 is 10.5 Å². The fraction of sp³-hybridized carbons (Fsp3) is 0. The Balaban J connectivity index is 2.32. The van der Waals surface area contributed by atoms with Crippen molar-refractivity contribution in [3.63, 3.8) is 0 Å². The molecule has 88 valence electrons. The predicted molar refractivity (Wildman–Crippen MR) is 71.7 cm³/mol. The molecule has 0 radical (unpaired) electrons. The maximum Gasteiger partial charge on any atom is 0.409 e. The highest BCUT2D eigenvalue weighted by Crippen LogP contribution is 2.29. The molecule has 0 fully saturated rings. The Labute approximate surface area is 104 Å². The molecule has 3 heteroatoms. The van der Waals surface area contributed by atoms with Gasteiger partial charge in [-0.3, -0.25) is 0 Å². The minimum atomic E-state index is -0.796. The number of fused-ring (bicyclic) bond motifs is 2. The Hall–Kier alpha value is -2.55. The lowest BCUT2D eigenvalue weighted by Crippen LogP contribution is -2.16. The number of primary amides is 1. The van der Waals surface area contributed by atoms with Gasteiger partial charge in [-0.1, -0.05) is 36.4 Å². The standard InChI is InChI=1S/C15H11NO2/c16-15(17)18-14-7-3-6-12-8-10-4-1-2-5-11(10)9-13(12)14/h1-9H,(H2,16,17). The molecule has 0 atom stereocenters. The van der Waals surface area contributed by atoms with Gasteiger partial charge in [0.1, 0.15) is 5.75 Å². The first-order valence-electron chi connectivity index (χ1n) is 5.63. The van der Waals surface area contributed by atoms with E-state index in [1.807, 2.05) is 36.4 Å². The van der Waals surface area contributed by atoms with Crippen LogP contribution in [0, 0.1) is 0 Å². The minimum Gasteiger partial charge on any atom is -0.410 e. The van der Waals surface area contributed by atoms with Crippen LogP contribution in [0.5, 0.6) is 5.75 Å². The van der Waals surface area contributed by atoms with E-state index >= 15 is 0 Å². The van der Waals surface area contributed by atoms with Gasteiger partial charge in [0.05, 0.1) is 0 Å². The van der Waals surface area contributed by atoms with Crippen molar-refractivity contribution in [2.24, 2.45) is 5.73 Å². The van der Waals surface area contributed by atoms with Crippen LogP contribution in [0.25, 0.3) is 21.5 Å². The van der Waals surface area contributed by atoms with Crippen molar-refractivity contribution in [1.82, 2.24) is 0 Å². The fourth-order valence-electron chi connectivity index (χ4n) is 2.14. The summed E-state index contributed by atoms with van der Waals surface area (Å²) >= 11 is 0. The highest BCUT2D eigenvalue weighted by molar-refractivity contribution is 6.01. The van der Waals surface area contributed by atoms with Crippen molar-refractivity contribution in [2.75, 3.05) is 0 Å². The lowest BCUT2D eigenvalue weighted by atomic mass is 10.0. The van der Waals surface area contributed by atoms with Gasteiger partial charge in [-0.2, -0.15) is 0 Å². The third-order valence-electron chi connectivity index (χ3n) is 2.92. The molecule has 0 bridgehead atoms. The monoisotopic (exact) mass is 237 g/mol. The summed E-state index contributed by atoms with van der Waals surface area (Å²) in [6, 6.07) is 17.7. The summed E-state index contributed by atoms with van der Waals surface area (Å²) in [4.78, 5) is 10.9. The minimum absolute atomic E-state index is 0.491. The van der Waals surface area contributed by atoms with E-state index in [4.69, 9.17) is 10.5 Å². The number of hydrogen-bond acceptors (Lipinski definition) is 2. The first kappa shape index (κ1) is 10.6. The molecule has 0 heterocycles. The number of rotatable bonds is 1. The zero-order chi connectivity index (χ0) is 12.5. The summed E-state index contributed by atoms with van der Waals surface area (Å²) < 4.78 is 5.02. The summed E-state index contributed by atoms with van der Waals surface area (Å²) in [6.07, 6.45) is -0.796. The van der Waals surface area contributed by atoms with Crippen LogP contribution in [-0.2, 0) is 0 Å². The Morgan fingerprint density at radius 2 is 1.56 bits per heavy atom. The Morgan fingerprint density at radius 1 is 0.889 bits per heavy atom. The maximum absolute atomic E-state index is 10.9. The van der Waals surface area contributed by atoms with Gasteiger partial charge in [0, 0.05) is 5.39 Å². The van der Waals surface area contributed by atoms with Gasteiger partial charge in [0.15, 0.2) is 0 Å². The average molecular weight is 237 g/mol. The van der Waals surface area contributed by atoms with E-state index in [1.165, 1.54) is 0 Å². The van der Waals surface area contributed by atoms with Crippen LogP contribution in [0.15, 0.2) is 54.6 Å². The molecule has 0 unspecified atom stereocenters. The zero-order valence-corrected chi connectivity index (χ0v) is 9.59. The zero-order valence-electron chi connectivity index (χ0n) is 9.59. The van der Waals surface area contributed by atoms with Crippen molar-refractivity contribution >= 4 is 27.6 Å². The third-order valence-corrected chi connectivity index (χ3v) is 2.92. The molecule has 0 aromatic heterocycles. The maximum atomic E-state index is 10.9. The molecule has 0 aliphatic heterocycles. The van der Waals surface area contributed by atoms with Crippen molar-refractivity contribution in [3.05, 3.63) is 54.6 Å². The molecule has 0 spiro atoms. The first-order chi connectivity index (χ1) is 8.74. The molecule has 3 aromatic carbocycles. The van der Waals surface area contributed by atoms with Gasteiger partial charge in [0.25, 0.3) is 0 Å².